The second-order valence-corrected chi connectivity index (χ2v) is 5.91. The van der Waals surface area contributed by atoms with Crippen LogP contribution in [-0.2, 0) is 9.53 Å². The zero-order chi connectivity index (χ0) is 17.8. The number of halogens is 1. The van der Waals surface area contributed by atoms with Crippen molar-refractivity contribution < 1.29 is 18.7 Å². The number of anilines is 1. The largest absolute Gasteiger partial charge is 0.484 e. The summed E-state index contributed by atoms with van der Waals surface area (Å²) < 4.78 is 24.2. The van der Waals surface area contributed by atoms with Crippen LogP contribution in [0.3, 0.4) is 0 Å². The molecular weight excluding hydrogens is 325 g/mol. The topological polar surface area (TPSA) is 77.7 Å². The molecule has 2 heterocycles. The van der Waals surface area contributed by atoms with Gasteiger partial charge in [0.25, 0.3) is 5.91 Å². The van der Waals surface area contributed by atoms with Gasteiger partial charge in [0.05, 0.1) is 18.8 Å². The number of morpholine rings is 1. The third kappa shape index (κ3) is 4.45. The molecule has 7 heteroatoms. The van der Waals surface area contributed by atoms with Crippen molar-refractivity contribution in [2.45, 2.75) is 13.0 Å². The number of benzene rings is 1. The number of nitrogen functional groups attached to an aromatic ring is 1. The Morgan fingerprint density at radius 3 is 3.04 bits per heavy atom. The molecule has 1 aliphatic rings. The predicted octanol–water partition coefficient (Wildman–Crippen LogP) is 2.09. The molecule has 1 saturated heterocycles. The lowest BCUT2D eigenvalue weighted by atomic mass is 10.1. The molecule has 1 fully saturated rings. The molecule has 1 amide bonds. The number of nitrogens with two attached hydrogens (primary N) is 1. The van der Waals surface area contributed by atoms with E-state index in [-0.39, 0.29) is 18.6 Å². The Morgan fingerprint density at radius 2 is 2.28 bits per heavy atom. The maximum atomic E-state index is 13.1. The van der Waals surface area contributed by atoms with Crippen LogP contribution >= 0.6 is 0 Å². The fourth-order valence-electron chi connectivity index (χ4n) is 2.73. The third-order valence-electron chi connectivity index (χ3n) is 3.90. The fraction of sp³-hybridized carbons (Fsp3) is 0.333. The average Bonchev–Trinajstić information content (AvgIpc) is 2.59. The SMILES string of the molecule is Cc1cc(N)cc([C@H]2CN(C(=O)COc3cccc(F)c3)CCO2)n1. The molecule has 1 aromatic heterocycles. The number of aryl methyl sites for hydroxylation is 1. The number of carbonyl (C=O) groups is 1. The minimum atomic E-state index is -0.403. The van der Waals surface area contributed by atoms with Crippen LogP contribution in [0.4, 0.5) is 10.1 Å². The van der Waals surface area contributed by atoms with Gasteiger partial charge in [-0.25, -0.2) is 4.39 Å². The number of carbonyl (C=O) groups excluding carboxylic acids is 1. The Hall–Kier alpha value is -2.67. The highest BCUT2D eigenvalue weighted by molar-refractivity contribution is 5.78. The summed E-state index contributed by atoms with van der Waals surface area (Å²) in [6.45, 7) is 2.97. The summed E-state index contributed by atoms with van der Waals surface area (Å²) in [7, 11) is 0. The molecule has 25 heavy (non-hydrogen) atoms. The van der Waals surface area contributed by atoms with Gasteiger partial charge in [-0.3, -0.25) is 9.78 Å². The molecule has 0 radical (unpaired) electrons. The number of pyridine rings is 1. The van der Waals surface area contributed by atoms with Gasteiger partial charge in [-0.15, -0.1) is 0 Å². The molecule has 0 aliphatic carbocycles. The van der Waals surface area contributed by atoms with Crippen molar-refractivity contribution >= 4 is 11.6 Å². The van der Waals surface area contributed by atoms with Crippen LogP contribution in [0, 0.1) is 12.7 Å². The molecule has 2 N–H and O–H groups in total. The van der Waals surface area contributed by atoms with Gasteiger partial charge in [0.2, 0.25) is 0 Å². The standard InChI is InChI=1S/C18H20FN3O3/c1-12-7-14(20)9-16(21-12)17-10-22(5-6-24-17)18(23)11-25-15-4-2-3-13(19)8-15/h2-4,7-9,17H,5-6,10-11H2,1H3,(H2,20,21)/t17-/m1/s1. The summed E-state index contributed by atoms with van der Waals surface area (Å²) in [5, 5.41) is 0. The summed E-state index contributed by atoms with van der Waals surface area (Å²) in [5.74, 6) is -0.260. The number of hydrogen-bond acceptors (Lipinski definition) is 5. The van der Waals surface area contributed by atoms with Gasteiger partial charge in [0.1, 0.15) is 17.7 Å². The van der Waals surface area contributed by atoms with Crippen molar-refractivity contribution in [1.29, 1.82) is 0 Å². The lowest BCUT2D eigenvalue weighted by Gasteiger charge is -2.32. The summed E-state index contributed by atoms with van der Waals surface area (Å²) >= 11 is 0. The third-order valence-corrected chi connectivity index (χ3v) is 3.90. The number of amides is 1. The Morgan fingerprint density at radius 1 is 1.44 bits per heavy atom. The predicted molar refractivity (Wildman–Crippen MR) is 90.6 cm³/mol. The second kappa shape index (κ2) is 7.48. The zero-order valence-electron chi connectivity index (χ0n) is 13.9. The highest BCUT2D eigenvalue weighted by Crippen LogP contribution is 2.23. The molecule has 2 aromatic rings. The molecule has 0 saturated carbocycles. The first-order valence-corrected chi connectivity index (χ1v) is 8.03. The van der Waals surface area contributed by atoms with Gasteiger partial charge >= 0.3 is 0 Å². The van der Waals surface area contributed by atoms with E-state index < -0.39 is 5.82 Å². The van der Waals surface area contributed by atoms with E-state index in [1.54, 1.807) is 23.1 Å². The smallest absolute Gasteiger partial charge is 0.260 e. The minimum absolute atomic E-state index is 0.153. The molecule has 6 nitrogen and oxygen atoms in total. The lowest BCUT2D eigenvalue weighted by molar-refractivity contribution is -0.141. The molecule has 0 spiro atoms. The van der Waals surface area contributed by atoms with Gasteiger partial charge in [0, 0.05) is 24.0 Å². The molecule has 132 valence electrons. The van der Waals surface area contributed by atoms with Crippen molar-refractivity contribution in [2.75, 3.05) is 32.0 Å². The van der Waals surface area contributed by atoms with Crippen molar-refractivity contribution in [3.63, 3.8) is 0 Å². The quantitative estimate of drug-likeness (QED) is 0.918. The van der Waals surface area contributed by atoms with E-state index in [2.05, 4.69) is 4.98 Å². The summed E-state index contributed by atoms with van der Waals surface area (Å²) in [6.07, 6.45) is -0.325. The second-order valence-electron chi connectivity index (χ2n) is 5.91. The van der Waals surface area contributed by atoms with Gasteiger partial charge < -0.3 is 20.1 Å². The van der Waals surface area contributed by atoms with E-state index in [4.69, 9.17) is 15.2 Å². The molecular formula is C18H20FN3O3. The Kier molecular flexibility index (Phi) is 5.14. The summed E-state index contributed by atoms with van der Waals surface area (Å²) in [4.78, 5) is 18.5. The monoisotopic (exact) mass is 345 g/mol. The van der Waals surface area contributed by atoms with Crippen LogP contribution in [0.1, 0.15) is 17.5 Å². The maximum absolute atomic E-state index is 13.1. The highest BCUT2D eigenvalue weighted by atomic mass is 19.1. The first-order valence-electron chi connectivity index (χ1n) is 8.03. The molecule has 3 rings (SSSR count). The van der Waals surface area contributed by atoms with Crippen LogP contribution in [0.25, 0.3) is 0 Å². The van der Waals surface area contributed by atoms with Crippen LogP contribution in [0.2, 0.25) is 0 Å². The first-order chi connectivity index (χ1) is 12.0. The van der Waals surface area contributed by atoms with E-state index in [0.717, 1.165) is 5.69 Å². The van der Waals surface area contributed by atoms with E-state index in [1.165, 1.54) is 18.2 Å². The van der Waals surface area contributed by atoms with E-state index >= 15 is 0 Å². The Balaban J connectivity index is 1.61. The number of hydrogen-bond donors (Lipinski definition) is 1. The minimum Gasteiger partial charge on any atom is -0.484 e. The molecule has 1 aliphatic heterocycles. The van der Waals surface area contributed by atoms with Crippen molar-refractivity contribution in [2.24, 2.45) is 0 Å². The van der Waals surface area contributed by atoms with Crippen molar-refractivity contribution in [1.82, 2.24) is 9.88 Å². The van der Waals surface area contributed by atoms with Gasteiger partial charge in [-0.1, -0.05) is 6.07 Å². The van der Waals surface area contributed by atoms with Gasteiger partial charge in [0.15, 0.2) is 6.61 Å². The van der Waals surface area contributed by atoms with Crippen LogP contribution in [-0.4, -0.2) is 42.1 Å². The highest BCUT2D eigenvalue weighted by Gasteiger charge is 2.26. The molecule has 0 bridgehead atoms. The Bertz CT molecular complexity index is 749. The Labute approximate surface area is 145 Å². The van der Waals surface area contributed by atoms with E-state index in [0.29, 0.717) is 36.8 Å². The number of aromatic nitrogens is 1. The normalized spacial score (nSPS) is 17.4. The first kappa shape index (κ1) is 17.2. The van der Waals surface area contributed by atoms with Crippen molar-refractivity contribution in [3.8, 4) is 5.75 Å². The van der Waals surface area contributed by atoms with E-state index in [9.17, 15) is 9.18 Å². The van der Waals surface area contributed by atoms with Gasteiger partial charge in [-0.05, 0) is 31.2 Å². The average molecular weight is 345 g/mol. The molecule has 1 aromatic carbocycles. The number of ether oxygens (including phenoxy) is 2. The van der Waals surface area contributed by atoms with E-state index in [1.807, 2.05) is 6.92 Å². The lowest BCUT2D eigenvalue weighted by Crippen LogP contribution is -2.44. The fourth-order valence-corrected chi connectivity index (χ4v) is 2.73. The van der Waals surface area contributed by atoms with Crippen LogP contribution < -0.4 is 10.5 Å². The number of nitrogens with zero attached hydrogens (tertiary/aromatic N) is 2. The van der Waals surface area contributed by atoms with Crippen molar-refractivity contribution in [3.05, 3.63) is 53.6 Å². The summed E-state index contributed by atoms with van der Waals surface area (Å²) in [5.41, 5.74) is 7.98. The zero-order valence-corrected chi connectivity index (χ0v) is 13.9. The molecule has 1 atom stereocenters. The van der Waals surface area contributed by atoms with Crippen LogP contribution in [0.15, 0.2) is 36.4 Å². The molecule has 0 unspecified atom stereocenters. The summed E-state index contributed by atoms with van der Waals surface area (Å²) in [6, 6.07) is 9.25. The van der Waals surface area contributed by atoms with Gasteiger partial charge in [-0.2, -0.15) is 0 Å². The maximum Gasteiger partial charge on any atom is 0.260 e. The van der Waals surface area contributed by atoms with Crippen LogP contribution in [0.5, 0.6) is 5.75 Å². The number of rotatable bonds is 4.